The van der Waals surface area contributed by atoms with Crippen molar-refractivity contribution in [2.45, 2.75) is 26.5 Å². The molecule has 0 N–H and O–H groups in total. The Labute approximate surface area is 187 Å². The van der Waals surface area contributed by atoms with Crippen LogP contribution in [0.25, 0.3) is 21.9 Å². The number of ether oxygens (including phenoxy) is 1. The maximum absolute atomic E-state index is 12.5. The van der Waals surface area contributed by atoms with Crippen LogP contribution in [-0.4, -0.2) is 48.1 Å². The molecule has 5 rings (SSSR count). The molecule has 0 unspecified atom stereocenters. The van der Waals surface area contributed by atoms with Gasteiger partial charge in [-0.2, -0.15) is 0 Å². The normalized spacial score (nSPS) is 15.0. The lowest BCUT2D eigenvalue weighted by Crippen LogP contribution is -2.46. The number of para-hydroxylation sites is 2. The van der Waals surface area contributed by atoms with E-state index in [0.29, 0.717) is 11.4 Å². The van der Waals surface area contributed by atoms with E-state index in [-0.39, 0.29) is 12.1 Å². The van der Waals surface area contributed by atoms with E-state index in [1.165, 1.54) is 10.9 Å². The minimum absolute atomic E-state index is 0.159. The number of esters is 1. The van der Waals surface area contributed by atoms with Crippen LogP contribution in [0.15, 0.2) is 65.2 Å². The van der Waals surface area contributed by atoms with Crippen LogP contribution in [0.2, 0.25) is 0 Å². The topological polar surface area (TPSA) is 58.8 Å². The number of furan rings is 1. The zero-order valence-corrected chi connectivity index (χ0v) is 18.5. The van der Waals surface area contributed by atoms with Gasteiger partial charge in [0.2, 0.25) is 0 Å². The van der Waals surface area contributed by atoms with Gasteiger partial charge in [0.05, 0.1) is 6.10 Å². The number of carbonyl (C=O) groups excluding carboxylic acids is 1. The Bertz CT molecular complexity index is 1260. The van der Waals surface area contributed by atoms with Crippen LogP contribution in [0.1, 0.15) is 29.8 Å². The summed E-state index contributed by atoms with van der Waals surface area (Å²) >= 11 is 0. The molecule has 0 spiro atoms. The second kappa shape index (κ2) is 8.63. The first kappa shape index (κ1) is 20.5. The Morgan fingerprint density at radius 3 is 2.59 bits per heavy atom. The monoisotopic (exact) mass is 429 g/mol. The maximum Gasteiger partial charge on any atom is 0.342 e. The minimum atomic E-state index is -0.318. The van der Waals surface area contributed by atoms with Crippen molar-refractivity contribution in [1.29, 1.82) is 0 Å². The van der Waals surface area contributed by atoms with Crippen molar-refractivity contribution in [2.24, 2.45) is 0 Å². The second-order valence-electron chi connectivity index (χ2n) is 8.48. The molecule has 0 atom stereocenters. The number of pyridine rings is 1. The predicted octanol–water partition coefficient (Wildman–Crippen LogP) is 4.87. The lowest BCUT2D eigenvalue weighted by Gasteiger charge is -2.36. The van der Waals surface area contributed by atoms with E-state index in [4.69, 9.17) is 9.15 Å². The average Bonchev–Trinajstić information content (AvgIpc) is 3.19. The molecular weight excluding hydrogens is 402 g/mol. The Morgan fingerprint density at radius 2 is 1.78 bits per heavy atom. The third kappa shape index (κ3) is 3.94. The number of hydrogen-bond acceptors (Lipinski definition) is 6. The molecule has 0 amide bonds. The molecule has 1 saturated heterocycles. The van der Waals surface area contributed by atoms with Crippen molar-refractivity contribution in [3.05, 3.63) is 71.9 Å². The first-order chi connectivity index (χ1) is 15.6. The van der Waals surface area contributed by atoms with Crippen molar-refractivity contribution < 1.29 is 13.9 Å². The van der Waals surface area contributed by atoms with Gasteiger partial charge in [-0.15, -0.1) is 0 Å². The van der Waals surface area contributed by atoms with Crippen molar-refractivity contribution in [3.8, 4) is 0 Å². The molecule has 1 fully saturated rings. The van der Waals surface area contributed by atoms with Crippen molar-refractivity contribution in [3.63, 3.8) is 0 Å². The number of hydrogen-bond donors (Lipinski definition) is 0. The van der Waals surface area contributed by atoms with Gasteiger partial charge < -0.3 is 14.1 Å². The van der Waals surface area contributed by atoms with Gasteiger partial charge in [-0.1, -0.05) is 36.4 Å². The van der Waals surface area contributed by atoms with Gasteiger partial charge in [0.1, 0.15) is 22.5 Å². The number of anilines is 1. The lowest BCUT2D eigenvalue weighted by atomic mass is 10.1. The standard InChI is InChI=1S/C26H27N3O3/c1-18(2)31-26(30)22-10-6-12-27-25(22)29-15-13-28(14-16-29)17-19-7-5-9-21-20-8-3-4-11-23(20)32-24(19)21/h3-12,18H,13-17H2,1-2H3. The van der Waals surface area contributed by atoms with Crippen molar-refractivity contribution in [2.75, 3.05) is 31.1 Å². The predicted molar refractivity (Wildman–Crippen MR) is 126 cm³/mol. The summed E-state index contributed by atoms with van der Waals surface area (Å²) in [5.74, 6) is 0.388. The number of benzene rings is 2. The van der Waals surface area contributed by atoms with E-state index < -0.39 is 0 Å². The maximum atomic E-state index is 12.5. The number of fused-ring (bicyclic) bond motifs is 3. The minimum Gasteiger partial charge on any atom is -0.459 e. The van der Waals surface area contributed by atoms with Crippen LogP contribution in [0.4, 0.5) is 5.82 Å². The van der Waals surface area contributed by atoms with Crippen molar-refractivity contribution >= 4 is 33.7 Å². The van der Waals surface area contributed by atoms with Gasteiger partial charge >= 0.3 is 5.97 Å². The van der Waals surface area contributed by atoms with E-state index in [1.54, 1.807) is 18.3 Å². The van der Waals surface area contributed by atoms with E-state index in [9.17, 15) is 4.79 Å². The van der Waals surface area contributed by atoms with Crippen LogP contribution in [0.3, 0.4) is 0 Å². The summed E-state index contributed by atoms with van der Waals surface area (Å²) in [5.41, 5.74) is 3.63. The fourth-order valence-electron chi connectivity index (χ4n) is 4.37. The Hall–Kier alpha value is -3.38. The van der Waals surface area contributed by atoms with Gasteiger partial charge in [0, 0.05) is 55.3 Å². The molecule has 0 bridgehead atoms. The summed E-state index contributed by atoms with van der Waals surface area (Å²) in [4.78, 5) is 21.6. The largest absolute Gasteiger partial charge is 0.459 e. The highest BCUT2D eigenvalue weighted by Gasteiger charge is 2.24. The van der Waals surface area contributed by atoms with E-state index in [1.807, 2.05) is 32.0 Å². The molecule has 2 aromatic heterocycles. The summed E-state index contributed by atoms with van der Waals surface area (Å²) in [7, 11) is 0. The zero-order chi connectivity index (χ0) is 22.1. The molecule has 0 saturated carbocycles. The van der Waals surface area contributed by atoms with Crippen molar-refractivity contribution in [1.82, 2.24) is 9.88 Å². The Morgan fingerprint density at radius 1 is 1.00 bits per heavy atom. The number of nitrogens with zero attached hydrogens (tertiary/aromatic N) is 3. The van der Waals surface area contributed by atoms with Gasteiger partial charge in [-0.05, 0) is 32.0 Å². The Kier molecular flexibility index (Phi) is 5.53. The third-order valence-electron chi connectivity index (χ3n) is 5.90. The SMILES string of the molecule is CC(C)OC(=O)c1cccnc1N1CCN(Cc2cccc3c2oc2ccccc23)CC1. The third-order valence-corrected chi connectivity index (χ3v) is 5.90. The first-order valence-corrected chi connectivity index (χ1v) is 11.1. The summed E-state index contributed by atoms with van der Waals surface area (Å²) in [6, 6.07) is 18.1. The first-order valence-electron chi connectivity index (χ1n) is 11.1. The molecule has 6 heteroatoms. The highest BCUT2D eigenvalue weighted by molar-refractivity contribution is 6.05. The second-order valence-corrected chi connectivity index (χ2v) is 8.48. The molecule has 1 aliphatic rings. The highest BCUT2D eigenvalue weighted by Crippen LogP contribution is 2.31. The zero-order valence-electron chi connectivity index (χ0n) is 18.5. The van der Waals surface area contributed by atoms with Gasteiger partial charge in [-0.3, -0.25) is 4.90 Å². The van der Waals surface area contributed by atoms with Gasteiger partial charge in [-0.25, -0.2) is 9.78 Å². The Balaban J connectivity index is 1.31. The molecule has 0 aliphatic carbocycles. The molecule has 4 aromatic rings. The fraction of sp³-hybridized carbons (Fsp3) is 0.308. The van der Waals surface area contributed by atoms with Crippen LogP contribution in [-0.2, 0) is 11.3 Å². The number of carbonyl (C=O) groups is 1. The van der Waals surface area contributed by atoms with Crippen LogP contribution in [0.5, 0.6) is 0 Å². The van der Waals surface area contributed by atoms with Crippen LogP contribution in [0, 0.1) is 0 Å². The number of piperazine rings is 1. The molecule has 6 nitrogen and oxygen atoms in total. The smallest absolute Gasteiger partial charge is 0.342 e. The quantitative estimate of drug-likeness (QED) is 0.422. The molecule has 0 radical (unpaired) electrons. The molecule has 164 valence electrons. The van der Waals surface area contributed by atoms with Crippen LogP contribution < -0.4 is 4.90 Å². The molecule has 3 heterocycles. The summed E-state index contributed by atoms with van der Waals surface area (Å²) in [6.07, 6.45) is 1.57. The summed E-state index contributed by atoms with van der Waals surface area (Å²) in [6.45, 7) is 7.90. The summed E-state index contributed by atoms with van der Waals surface area (Å²) in [5, 5.41) is 2.32. The average molecular weight is 430 g/mol. The summed E-state index contributed by atoms with van der Waals surface area (Å²) < 4.78 is 11.6. The molecule has 2 aromatic carbocycles. The fourth-order valence-corrected chi connectivity index (χ4v) is 4.37. The number of rotatable bonds is 5. The lowest BCUT2D eigenvalue weighted by molar-refractivity contribution is 0.0378. The molecule has 1 aliphatic heterocycles. The van der Waals surface area contributed by atoms with Gasteiger partial charge in [0.25, 0.3) is 0 Å². The van der Waals surface area contributed by atoms with Gasteiger partial charge in [0.15, 0.2) is 0 Å². The molecular formula is C26H27N3O3. The van der Waals surface area contributed by atoms with E-state index in [0.717, 1.165) is 49.3 Å². The molecule has 32 heavy (non-hydrogen) atoms. The van der Waals surface area contributed by atoms with E-state index >= 15 is 0 Å². The number of aromatic nitrogens is 1. The highest BCUT2D eigenvalue weighted by atomic mass is 16.5. The van der Waals surface area contributed by atoms with E-state index in [2.05, 4.69) is 39.0 Å². The van der Waals surface area contributed by atoms with Crippen LogP contribution >= 0.6 is 0 Å².